The highest BCUT2D eigenvalue weighted by Gasteiger charge is 2.39. The highest BCUT2D eigenvalue weighted by molar-refractivity contribution is 5.89. The molecule has 1 aromatic rings. The van der Waals surface area contributed by atoms with Gasteiger partial charge < -0.3 is 18.9 Å². The molecular weight excluding hydrogens is 332 g/mol. The van der Waals surface area contributed by atoms with Crippen LogP contribution in [0.4, 0.5) is 0 Å². The van der Waals surface area contributed by atoms with Crippen molar-refractivity contribution in [2.24, 2.45) is 10.8 Å². The Morgan fingerprint density at radius 3 is 1.81 bits per heavy atom. The number of rotatable bonds is 9. The van der Waals surface area contributed by atoms with Crippen LogP contribution in [0, 0.1) is 10.8 Å². The zero-order valence-corrected chi connectivity index (χ0v) is 15.7. The standard InChI is InChI=1S/C21H28O5/c1-4-20(10-23-11-20)14-25-16(3)17-6-8-18(9-7-17)19(22)26-15-21(5-2)12-24-13-21/h6-9H,3-5,10-15H2,1-2H3. The first-order valence-electron chi connectivity index (χ1n) is 9.26. The maximum Gasteiger partial charge on any atom is 0.338 e. The molecule has 2 heterocycles. The van der Waals surface area contributed by atoms with Crippen LogP contribution in [-0.4, -0.2) is 45.6 Å². The summed E-state index contributed by atoms with van der Waals surface area (Å²) in [7, 11) is 0. The molecule has 0 saturated carbocycles. The molecule has 0 atom stereocenters. The largest absolute Gasteiger partial charge is 0.493 e. The molecule has 0 radical (unpaired) electrons. The van der Waals surface area contributed by atoms with E-state index in [0.717, 1.165) is 31.6 Å². The highest BCUT2D eigenvalue weighted by atomic mass is 16.5. The lowest BCUT2D eigenvalue weighted by Crippen LogP contribution is -2.46. The zero-order valence-electron chi connectivity index (χ0n) is 15.7. The van der Waals surface area contributed by atoms with Crippen molar-refractivity contribution >= 4 is 11.7 Å². The Hall–Kier alpha value is -1.85. The van der Waals surface area contributed by atoms with Crippen molar-refractivity contribution in [3.05, 3.63) is 42.0 Å². The first-order valence-corrected chi connectivity index (χ1v) is 9.26. The van der Waals surface area contributed by atoms with Crippen molar-refractivity contribution in [3.63, 3.8) is 0 Å². The van der Waals surface area contributed by atoms with Gasteiger partial charge in [-0.25, -0.2) is 4.79 Å². The summed E-state index contributed by atoms with van der Waals surface area (Å²) >= 11 is 0. The van der Waals surface area contributed by atoms with Crippen LogP contribution in [0.15, 0.2) is 30.8 Å². The van der Waals surface area contributed by atoms with E-state index in [2.05, 4.69) is 20.4 Å². The van der Waals surface area contributed by atoms with Crippen LogP contribution in [0.25, 0.3) is 5.76 Å². The molecule has 2 aliphatic heterocycles. The van der Waals surface area contributed by atoms with E-state index in [0.29, 0.717) is 37.8 Å². The molecule has 0 unspecified atom stereocenters. The molecule has 0 aliphatic carbocycles. The number of hydrogen-bond donors (Lipinski definition) is 0. The third-order valence-electron chi connectivity index (χ3n) is 5.64. The van der Waals surface area contributed by atoms with E-state index < -0.39 is 0 Å². The average Bonchev–Trinajstić information content (AvgIpc) is 2.60. The molecule has 0 aromatic heterocycles. The minimum atomic E-state index is -0.306. The van der Waals surface area contributed by atoms with Crippen molar-refractivity contribution in [1.82, 2.24) is 0 Å². The van der Waals surface area contributed by atoms with Crippen LogP contribution in [-0.2, 0) is 18.9 Å². The van der Waals surface area contributed by atoms with Gasteiger partial charge in [-0.2, -0.15) is 0 Å². The predicted molar refractivity (Wildman–Crippen MR) is 98.8 cm³/mol. The van der Waals surface area contributed by atoms with E-state index in [1.165, 1.54) is 0 Å². The Balaban J connectivity index is 1.50. The molecule has 0 spiro atoms. The Labute approximate surface area is 155 Å². The fourth-order valence-corrected chi connectivity index (χ4v) is 2.98. The molecule has 2 fully saturated rings. The van der Waals surface area contributed by atoms with E-state index in [1.807, 2.05) is 12.1 Å². The number of carbonyl (C=O) groups is 1. The molecular formula is C21H28O5. The Morgan fingerprint density at radius 1 is 0.923 bits per heavy atom. The Kier molecular flexibility index (Phi) is 5.68. The number of benzene rings is 1. The first-order chi connectivity index (χ1) is 12.5. The van der Waals surface area contributed by atoms with Gasteiger partial charge in [0.2, 0.25) is 0 Å². The van der Waals surface area contributed by atoms with Crippen LogP contribution in [0.5, 0.6) is 0 Å². The molecule has 0 amide bonds. The van der Waals surface area contributed by atoms with E-state index >= 15 is 0 Å². The normalized spacial score (nSPS) is 19.8. The second kappa shape index (κ2) is 7.80. The van der Waals surface area contributed by atoms with E-state index in [-0.39, 0.29) is 16.8 Å². The Morgan fingerprint density at radius 2 is 1.38 bits per heavy atom. The van der Waals surface area contributed by atoms with Gasteiger partial charge in [0.1, 0.15) is 12.4 Å². The molecule has 142 valence electrons. The number of hydrogen-bond acceptors (Lipinski definition) is 5. The molecule has 5 nitrogen and oxygen atoms in total. The minimum absolute atomic E-state index is 0.00179. The molecule has 0 N–H and O–H groups in total. The van der Waals surface area contributed by atoms with Crippen LogP contribution in [0.1, 0.15) is 42.6 Å². The molecule has 1 aromatic carbocycles. The molecule has 26 heavy (non-hydrogen) atoms. The molecule has 3 rings (SSSR count). The van der Waals surface area contributed by atoms with Gasteiger partial charge in [0.25, 0.3) is 0 Å². The van der Waals surface area contributed by atoms with Crippen LogP contribution >= 0.6 is 0 Å². The monoisotopic (exact) mass is 360 g/mol. The summed E-state index contributed by atoms with van der Waals surface area (Å²) in [4.78, 5) is 12.2. The smallest absolute Gasteiger partial charge is 0.338 e. The number of esters is 1. The lowest BCUT2D eigenvalue weighted by Gasteiger charge is -2.40. The van der Waals surface area contributed by atoms with Crippen molar-refractivity contribution in [1.29, 1.82) is 0 Å². The highest BCUT2D eigenvalue weighted by Crippen LogP contribution is 2.33. The van der Waals surface area contributed by atoms with Gasteiger partial charge in [-0.05, 0) is 25.0 Å². The molecule has 2 saturated heterocycles. The van der Waals surface area contributed by atoms with Gasteiger partial charge in [-0.3, -0.25) is 0 Å². The number of carbonyl (C=O) groups excluding carboxylic acids is 1. The second-order valence-corrected chi connectivity index (χ2v) is 7.56. The fraction of sp³-hybridized carbons (Fsp3) is 0.571. The summed E-state index contributed by atoms with van der Waals surface area (Å²) < 4.78 is 21.9. The van der Waals surface area contributed by atoms with Gasteiger partial charge in [0.15, 0.2) is 0 Å². The SMILES string of the molecule is C=C(OCC1(CC)COC1)c1ccc(C(=O)OCC2(CC)COC2)cc1. The number of ether oxygens (including phenoxy) is 4. The van der Waals surface area contributed by atoms with Crippen LogP contribution < -0.4 is 0 Å². The van der Waals surface area contributed by atoms with E-state index in [4.69, 9.17) is 18.9 Å². The second-order valence-electron chi connectivity index (χ2n) is 7.56. The summed E-state index contributed by atoms with van der Waals surface area (Å²) in [5, 5.41) is 0. The fourth-order valence-electron chi connectivity index (χ4n) is 2.98. The maximum atomic E-state index is 12.2. The topological polar surface area (TPSA) is 54.0 Å². The minimum Gasteiger partial charge on any atom is -0.493 e. The zero-order chi connectivity index (χ0) is 18.6. The van der Waals surface area contributed by atoms with Crippen LogP contribution in [0.3, 0.4) is 0 Å². The predicted octanol–water partition coefficient (Wildman–Crippen LogP) is 3.68. The van der Waals surface area contributed by atoms with Gasteiger partial charge in [0, 0.05) is 5.56 Å². The molecule has 0 bridgehead atoms. The summed E-state index contributed by atoms with van der Waals surface area (Å²) in [6.45, 7) is 12.1. The van der Waals surface area contributed by atoms with Crippen molar-refractivity contribution in [2.75, 3.05) is 39.6 Å². The van der Waals surface area contributed by atoms with Gasteiger partial charge in [-0.1, -0.05) is 32.6 Å². The summed E-state index contributed by atoms with van der Waals surface area (Å²) in [5.41, 5.74) is 1.52. The van der Waals surface area contributed by atoms with E-state index in [9.17, 15) is 4.79 Å². The van der Waals surface area contributed by atoms with Crippen molar-refractivity contribution in [3.8, 4) is 0 Å². The van der Waals surface area contributed by atoms with Crippen LogP contribution in [0.2, 0.25) is 0 Å². The van der Waals surface area contributed by atoms with E-state index in [1.54, 1.807) is 12.1 Å². The van der Waals surface area contributed by atoms with Gasteiger partial charge in [0.05, 0.1) is 49.4 Å². The molecule has 5 heteroatoms. The maximum absolute atomic E-state index is 12.2. The summed E-state index contributed by atoms with van der Waals surface area (Å²) in [6.07, 6.45) is 1.97. The third-order valence-corrected chi connectivity index (χ3v) is 5.64. The summed E-state index contributed by atoms with van der Waals surface area (Å²) in [6, 6.07) is 7.20. The first kappa shape index (κ1) is 18.9. The quantitative estimate of drug-likeness (QED) is 0.497. The van der Waals surface area contributed by atoms with Crippen molar-refractivity contribution in [2.45, 2.75) is 26.7 Å². The lowest BCUT2D eigenvalue weighted by molar-refractivity contribution is -0.140. The average molecular weight is 360 g/mol. The van der Waals surface area contributed by atoms with Gasteiger partial charge >= 0.3 is 5.97 Å². The van der Waals surface area contributed by atoms with Crippen molar-refractivity contribution < 1.29 is 23.7 Å². The Bertz CT molecular complexity index is 573. The summed E-state index contributed by atoms with van der Waals surface area (Å²) in [5.74, 6) is 0.306. The lowest BCUT2D eigenvalue weighted by atomic mass is 9.84. The molecule has 2 aliphatic rings. The third kappa shape index (κ3) is 3.94. The van der Waals surface area contributed by atoms with Gasteiger partial charge in [-0.15, -0.1) is 0 Å².